The van der Waals surface area contributed by atoms with E-state index in [1.165, 1.54) is 12.8 Å². The fourth-order valence-electron chi connectivity index (χ4n) is 2.16. The molecule has 1 aliphatic rings. The fourth-order valence-corrected chi connectivity index (χ4v) is 2.16. The van der Waals surface area contributed by atoms with E-state index in [0.29, 0.717) is 5.92 Å². The first kappa shape index (κ1) is 12.1. The maximum Gasteiger partial charge on any atom is 0.239 e. The molecule has 5 nitrogen and oxygen atoms in total. The summed E-state index contributed by atoms with van der Waals surface area (Å²) < 4.78 is 1.79. The maximum atomic E-state index is 11.6. The summed E-state index contributed by atoms with van der Waals surface area (Å²) in [7, 11) is 1.88. The lowest BCUT2D eigenvalue weighted by molar-refractivity contribution is -0.120. The standard InChI is InChI=1S/C12H20N4O/c1-7-10(8(2)16(3)15-7)11(12(13)17)14-6-9-4-5-9/h9,11,14H,4-6H2,1-3H3,(H2,13,17). The number of nitrogens with one attached hydrogen (secondary N) is 1. The van der Waals surface area contributed by atoms with E-state index in [9.17, 15) is 4.79 Å². The minimum Gasteiger partial charge on any atom is -0.368 e. The number of hydrogen-bond donors (Lipinski definition) is 2. The second-order valence-electron chi connectivity index (χ2n) is 4.90. The van der Waals surface area contributed by atoms with Crippen LogP contribution in [0, 0.1) is 19.8 Å². The third-order valence-electron chi connectivity index (χ3n) is 3.45. The molecular weight excluding hydrogens is 216 g/mol. The van der Waals surface area contributed by atoms with Gasteiger partial charge in [0, 0.05) is 18.3 Å². The third kappa shape index (κ3) is 2.49. The van der Waals surface area contributed by atoms with Crippen molar-refractivity contribution in [1.82, 2.24) is 15.1 Å². The largest absolute Gasteiger partial charge is 0.368 e. The van der Waals surface area contributed by atoms with Crippen LogP contribution in [-0.2, 0) is 11.8 Å². The summed E-state index contributed by atoms with van der Waals surface area (Å²) >= 11 is 0. The van der Waals surface area contributed by atoms with E-state index in [1.54, 1.807) is 4.68 Å². The van der Waals surface area contributed by atoms with Gasteiger partial charge in [-0.15, -0.1) is 0 Å². The molecule has 0 saturated heterocycles. The topological polar surface area (TPSA) is 72.9 Å². The molecule has 0 aromatic carbocycles. The summed E-state index contributed by atoms with van der Waals surface area (Å²) in [5.41, 5.74) is 8.28. The Morgan fingerprint density at radius 2 is 2.24 bits per heavy atom. The second kappa shape index (κ2) is 4.49. The van der Waals surface area contributed by atoms with Crippen LogP contribution in [0.5, 0.6) is 0 Å². The Bertz CT molecular complexity index is 434. The highest BCUT2D eigenvalue weighted by molar-refractivity contribution is 5.82. The van der Waals surface area contributed by atoms with Crippen LogP contribution in [0.25, 0.3) is 0 Å². The van der Waals surface area contributed by atoms with Gasteiger partial charge in [0.1, 0.15) is 6.04 Å². The first-order valence-corrected chi connectivity index (χ1v) is 6.03. The number of aromatic nitrogens is 2. The Hall–Kier alpha value is -1.36. The number of nitrogens with two attached hydrogens (primary N) is 1. The molecule has 1 aliphatic carbocycles. The zero-order chi connectivity index (χ0) is 12.6. The number of carbonyl (C=O) groups is 1. The summed E-state index contributed by atoms with van der Waals surface area (Å²) in [4.78, 5) is 11.6. The Kier molecular flexibility index (Phi) is 3.19. The van der Waals surface area contributed by atoms with Crippen molar-refractivity contribution in [2.75, 3.05) is 6.54 Å². The van der Waals surface area contributed by atoms with Crippen molar-refractivity contribution in [2.24, 2.45) is 18.7 Å². The number of hydrogen-bond acceptors (Lipinski definition) is 3. The van der Waals surface area contributed by atoms with E-state index in [-0.39, 0.29) is 5.91 Å². The van der Waals surface area contributed by atoms with Gasteiger partial charge >= 0.3 is 0 Å². The maximum absolute atomic E-state index is 11.6. The van der Waals surface area contributed by atoms with Gasteiger partial charge in [0.2, 0.25) is 5.91 Å². The van der Waals surface area contributed by atoms with E-state index in [1.807, 2.05) is 20.9 Å². The third-order valence-corrected chi connectivity index (χ3v) is 3.45. The van der Waals surface area contributed by atoms with Crippen LogP contribution in [0.15, 0.2) is 0 Å². The average molecular weight is 236 g/mol. The lowest BCUT2D eigenvalue weighted by Gasteiger charge is -2.16. The Morgan fingerprint density at radius 1 is 1.59 bits per heavy atom. The molecule has 0 bridgehead atoms. The number of primary amides is 1. The molecular formula is C12H20N4O. The van der Waals surface area contributed by atoms with Crippen molar-refractivity contribution < 1.29 is 4.79 Å². The SMILES string of the molecule is Cc1nn(C)c(C)c1C(NCC1CC1)C(N)=O. The average Bonchev–Trinajstić information content (AvgIpc) is 3.02. The number of nitrogens with zero attached hydrogens (tertiary/aromatic N) is 2. The molecule has 17 heavy (non-hydrogen) atoms. The predicted octanol–water partition coefficient (Wildman–Crippen LogP) is 0.563. The van der Waals surface area contributed by atoms with E-state index >= 15 is 0 Å². The second-order valence-corrected chi connectivity index (χ2v) is 4.90. The van der Waals surface area contributed by atoms with Crippen molar-refractivity contribution in [2.45, 2.75) is 32.7 Å². The van der Waals surface area contributed by atoms with Gasteiger partial charge in [-0.1, -0.05) is 0 Å². The van der Waals surface area contributed by atoms with Crippen molar-refractivity contribution in [3.8, 4) is 0 Å². The van der Waals surface area contributed by atoms with Crippen LogP contribution < -0.4 is 11.1 Å². The van der Waals surface area contributed by atoms with Gasteiger partial charge in [0.25, 0.3) is 0 Å². The molecule has 0 radical (unpaired) electrons. The minimum absolute atomic E-state index is 0.329. The highest BCUT2D eigenvalue weighted by Gasteiger charge is 2.28. The molecule has 1 unspecified atom stereocenters. The summed E-state index contributed by atoms with van der Waals surface area (Å²) in [6, 6.07) is -0.413. The molecule has 1 heterocycles. The lowest BCUT2D eigenvalue weighted by atomic mass is 10.0. The molecule has 1 aromatic rings. The van der Waals surface area contributed by atoms with Crippen LogP contribution in [0.1, 0.15) is 35.8 Å². The van der Waals surface area contributed by atoms with E-state index in [0.717, 1.165) is 23.5 Å². The Morgan fingerprint density at radius 3 is 2.65 bits per heavy atom. The molecule has 1 atom stereocenters. The van der Waals surface area contributed by atoms with Gasteiger partial charge in [-0.2, -0.15) is 5.10 Å². The number of aryl methyl sites for hydroxylation is 2. The number of amides is 1. The van der Waals surface area contributed by atoms with Crippen molar-refractivity contribution >= 4 is 5.91 Å². The summed E-state index contributed by atoms with van der Waals surface area (Å²) in [5, 5.41) is 7.59. The zero-order valence-corrected chi connectivity index (χ0v) is 10.7. The van der Waals surface area contributed by atoms with E-state index in [4.69, 9.17) is 5.73 Å². The first-order valence-electron chi connectivity index (χ1n) is 6.03. The molecule has 3 N–H and O–H groups in total. The van der Waals surface area contributed by atoms with Crippen LogP contribution in [0.4, 0.5) is 0 Å². The van der Waals surface area contributed by atoms with Crippen LogP contribution in [0.2, 0.25) is 0 Å². The molecule has 2 rings (SSSR count). The zero-order valence-electron chi connectivity index (χ0n) is 10.7. The molecule has 0 aliphatic heterocycles. The molecule has 1 amide bonds. The van der Waals surface area contributed by atoms with Crippen LogP contribution in [-0.4, -0.2) is 22.2 Å². The van der Waals surface area contributed by atoms with E-state index < -0.39 is 6.04 Å². The normalized spacial score (nSPS) is 17.1. The van der Waals surface area contributed by atoms with Gasteiger partial charge in [0.15, 0.2) is 0 Å². The van der Waals surface area contributed by atoms with Gasteiger partial charge < -0.3 is 11.1 Å². The minimum atomic E-state index is -0.413. The smallest absolute Gasteiger partial charge is 0.239 e. The molecule has 0 spiro atoms. The van der Waals surface area contributed by atoms with Crippen LogP contribution in [0.3, 0.4) is 0 Å². The van der Waals surface area contributed by atoms with Crippen molar-refractivity contribution in [1.29, 1.82) is 0 Å². The Labute approximate surface area is 101 Å². The van der Waals surface area contributed by atoms with Crippen molar-refractivity contribution in [3.05, 3.63) is 17.0 Å². The first-order chi connectivity index (χ1) is 8.00. The van der Waals surface area contributed by atoms with Gasteiger partial charge in [-0.05, 0) is 39.2 Å². The van der Waals surface area contributed by atoms with Gasteiger partial charge in [-0.25, -0.2) is 0 Å². The molecule has 94 valence electrons. The number of rotatable bonds is 5. The summed E-state index contributed by atoms with van der Waals surface area (Å²) in [6.07, 6.45) is 2.51. The quantitative estimate of drug-likeness (QED) is 0.784. The van der Waals surface area contributed by atoms with Gasteiger partial charge in [-0.3, -0.25) is 9.48 Å². The molecule has 1 fully saturated rings. The highest BCUT2D eigenvalue weighted by atomic mass is 16.1. The molecule has 1 aromatic heterocycles. The van der Waals surface area contributed by atoms with Gasteiger partial charge in [0.05, 0.1) is 5.69 Å². The predicted molar refractivity (Wildman–Crippen MR) is 65.3 cm³/mol. The lowest BCUT2D eigenvalue weighted by Crippen LogP contribution is -2.35. The monoisotopic (exact) mass is 236 g/mol. The molecule has 1 saturated carbocycles. The molecule has 5 heteroatoms. The summed E-state index contributed by atoms with van der Waals surface area (Å²) in [5.74, 6) is 0.388. The van der Waals surface area contributed by atoms with Crippen molar-refractivity contribution in [3.63, 3.8) is 0 Å². The summed E-state index contributed by atoms with van der Waals surface area (Å²) in [6.45, 7) is 4.74. The Balaban J connectivity index is 2.21. The van der Waals surface area contributed by atoms with E-state index in [2.05, 4.69) is 10.4 Å². The highest BCUT2D eigenvalue weighted by Crippen LogP contribution is 2.29. The van der Waals surface area contributed by atoms with Crippen LogP contribution >= 0.6 is 0 Å². The fraction of sp³-hybridized carbons (Fsp3) is 0.667. The number of carbonyl (C=O) groups excluding carboxylic acids is 1.